The van der Waals surface area contributed by atoms with Crippen molar-refractivity contribution < 1.29 is 18.7 Å². The van der Waals surface area contributed by atoms with Gasteiger partial charge < -0.3 is 15.0 Å². The lowest BCUT2D eigenvalue weighted by Crippen LogP contribution is -2.52. The molecule has 1 saturated heterocycles. The minimum absolute atomic E-state index is 0.0143. The number of alkyl halides is 1. The summed E-state index contributed by atoms with van der Waals surface area (Å²) >= 11 is 0. The predicted octanol–water partition coefficient (Wildman–Crippen LogP) is 2.25. The highest BCUT2D eigenvalue weighted by Gasteiger charge is 2.42. The van der Waals surface area contributed by atoms with Crippen LogP contribution < -0.4 is 5.32 Å². The molecular weight excluding hydrogens is 361 g/mol. The Kier molecular flexibility index (Phi) is 6.71. The lowest BCUT2D eigenvalue weighted by atomic mass is 9.92. The number of halogens is 1. The van der Waals surface area contributed by atoms with Gasteiger partial charge in [0.25, 0.3) is 5.91 Å². The molecule has 2 aromatic rings. The van der Waals surface area contributed by atoms with Crippen molar-refractivity contribution in [1.82, 2.24) is 15.2 Å². The summed E-state index contributed by atoms with van der Waals surface area (Å²) in [5.74, 6) is -0.813. The zero-order valence-corrected chi connectivity index (χ0v) is 15.6. The van der Waals surface area contributed by atoms with E-state index in [2.05, 4.69) is 10.3 Å². The Morgan fingerprint density at radius 1 is 1.07 bits per heavy atom. The average Bonchev–Trinajstić information content (AvgIpc) is 2.74. The predicted molar refractivity (Wildman–Crippen MR) is 102 cm³/mol. The summed E-state index contributed by atoms with van der Waals surface area (Å²) in [6.07, 6.45) is 3.21. The largest absolute Gasteiger partial charge is 0.367 e. The molecule has 1 aromatic heterocycles. The molecule has 1 aliphatic heterocycles. The van der Waals surface area contributed by atoms with E-state index < -0.39 is 11.6 Å². The number of aromatic nitrogens is 1. The maximum atomic E-state index is 15.0. The second kappa shape index (κ2) is 9.41. The van der Waals surface area contributed by atoms with Gasteiger partial charge in [0.05, 0.1) is 6.61 Å². The molecule has 2 amide bonds. The number of hydrogen-bond donors (Lipinski definition) is 1. The van der Waals surface area contributed by atoms with E-state index >= 15 is 0 Å². The van der Waals surface area contributed by atoms with Crippen LogP contribution in [0.3, 0.4) is 0 Å². The molecule has 6 nitrogen and oxygen atoms in total. The van der Waals surface area contributed by atoms with Crippen LogP contribution in [0.2, 0.25) is 0 Å². The number of nitrogens with one attached hydrogen (secondary N) is 1. The summed E-state index contributed by atoms with van der Waals surface area (Å²) < 4.78 is 20.4. The standard InChI is InChI=1S/C21H24FN3O3/c22-21(20(27)24-14-17-6-10-23-11-7-17)8-12-25(13-9-21)19(26)16-28-15-18-4-2-1-3-5-18/h1-7,10-11H,8-9,12-16H2,(H,24,27). The Labute approximate surface area is 163 Å². The number of carbonyl (C=O) groups excluding carboxylic acids is 2. The molecule has 2 heterocycles. The summed E-state index contributed by atoms with van der Waals surface area (Å²) in [7, 11) is 0. The highest BCUT2D eigenvalue weighted by Crippen LogP contribution is 2.27. The topological polar surface area (TPSA) is 71.5 Å². The van der Waals surface area contributed by atoms with Crippen molar-refractivity contribution in [1.29, 1.82) is 0 Å². The van der Waals surface area contributed by atoms with Crippen molar-refractivity contribution in [3.63, 3.8) is 0 Å². The second-order valence-corrected chi connectivity index (χ2v) is 6.86. The molecule has 28 heavy (non-hydrogen) atoms. The van der Waals surface area contributed by atoms with Gasteiger partial charge in [-0.05, 0) is 23.3 Å². The fourth-order valence-electron chi connectivity index (χ4n) is 3.10. The molecule has 0 spiro atoms. The number of ether oxygens (including phenoxy) is 1. The van der Waals surface area contributed by atoms with Gasteiger partial charge in [-0.3, -0.25) is 14.6 Å². The molecule has 7 heteroatoms. The Balaban J connectivity index is 1.41. The molecule has 1 N–H and O–H groups in total. The van der Waals surface area contributed by atoms with Gasteiger partial charge in [-0.25, -0.2) is 4.39 Å². The van der Waals surface area contributed by atoms with Gasteiger partial charge >= 0.3 is 0 Å². The highest BCUT2D eigenvalue weighted by molar-refractivity contribution is 5.85. The van der Waals surface area contributed by atoms with Crippen LogP contribution in [0.25, 0.3) is 0 Å². The van der Waals surface area contributed by atoms with E-state index in [4.69, 9.17) is 4.74 Å². The Bertz CT molecular complexity index is 778. The summed E-state index contributed by atoms with van der Waals surface area (Å²) in [5, 5.41) is 2.64. The third-order valence-electron chi connectivity index (χ3n) is 4.86. The van der Waals surface area contributed by atoms with Crippen LogP contribution >= 0.6 is 0 Å². The Morgan fingerprint density at radius 3 is 2.43 bits per heavy atom. The second-order valence-electron chi connectivity index (χ2n) is 6.86. The molecule has 0 radical (unpaired) electrons. The average molecular weight is 385 g/mol. The van der Waals surface area contributed by atoms with Crippen LogP contribution in [-0.2, 0) is 27.5 Å². The molecule has 1 aliphatic rings. The monoisotopic (exact) mass is 385 g/mol. The first-order valence-electron chi connectivity index (χ1n) is 9.32. The first-order valence-corrected chi connectivity index (χ1v) is 9.32. The number of pyridine rings is 1. The van der Waals surface area contributed by atoms with Gasteiger partial charge in [0, 0.05) is 44.9 Å². The van der Waals surface area contributed by atoms with Crippen LogP contribution in [0, 0.1) is 0 Å². The van der Waals surface area contributed by atoms with Crippen LogP contribution in [0.4, 0.5) is 4.39 Å². The zero-order chi connectivity index (χ0) is 19.8. The van der Waals surface area contributed by atoms with Crippen molar-refractivity contribution in [3.05, 3.63) is 66.0 Å². The normalized spacial score (nSPS) is 15.8. The van der Waals surface area contributed by atoms with E-state index in [0.29, 0.717) is 6.61 Å². The first-order chi connectivity index (χ1) is 13.6. The minimum Gasteiger partial charge on any atom is -0.367 e. The van der Waals surface area contributed by atoms with E-state index in [0.717, 1.165) is 11.1 Å². The van der Waals surface area contributed by atoms with E-state index in [9.17, 15) is 14.0 Å². The van der Waals surface area contributed by atoms with Crippen molar-refractivity contribution in [2.24, 2.45) is 0 Å². The molecule has 0 aliphatic carbocycles. The van der Waals surface area contributed by atoms with Gasteiger partial charge in [-0.2, -0.15) is 0 Å². The maximum absolute atomic E-state index is 15.0. The van der Waals surface area contributed by atoms with Gasteiger partial charge in [0.15, 0.2) is 5.67 Å². The third kappa shape index (κ3) is 5.36. The van der Waals surface area contributed by atoms with E-state index in [1.165, 1.54) is 0 Å². The summed E-state index contributed by atoms with van der Waals surface area (Å²) in [6, 6.07) is 13.1. The molecule has 0 bridgehead atoms. The molecule has 1 aromatic carbocycles. The summed E-state index contributed by atoms with van der Waals surface area (Å²) in [6.45, 7) is 0.954. The Hall–Kier alpha value is -2.80. The van der Waals surface area contributed by atoms with Gasteiger partial charge in [0.1, 0.15) is 6.61 Å². The third-order valence-corrected chi connectivity index (χ3v) is 4.86. The van der Waals surface area contributed by atoms with Crippen LogP contribution in [0.15, 0.2) is 54.9 Å². The first kappa shape index (κ1) is 19.9. The number of rotatable bonds is 7. The fraction of sp³-hybridized carbons (Fsp3) is 0.381. The number of piperidine rings is 1. The molecule has 0 atom stereocenters. The summed E-state index contributed by atoms with van der Waals surface area (Å²) in [5.41, 5.74) is -0.105. The van der Waals surface area contributed by atoms with Gasteiger partial charge in [-0.15, -0.1) is 0 Å². The molecule has 3 rings (SSSR count). The molecule has 1 fully saturated rings. The zero-order valence-electron chi connectivity index (χ0n) is 15.6. The van der Waals surface area contributed by atoms with E-state index in [1.807, 2.05) is 30.3 Å². The molecular formula is C21H24FN3O3. The fourth-order valence-corrected chi connectivity index (χ4v) is 3.10. The molecule has 0 saturated carbocycles. The van der Waals surface area contributed by atoms with Crippen LogP contribution in [0.5, 0.6) is 0 Å². The quantitative estimate of drug-likeness (QED) is 0.794. The SMILES string of the molecule is O=C(COCc1ccccc1)N1CCC(F)(C(=O)NCc2ccncc2)CC1. The molecule has 148 valence electrons. The van der Waals surface area contributed by atoms with Crippen molar-refractivity contribution >= 4 is 11.8 Å². The van der Waals surface area contributed by atoms with Crippen molar-refractivity contribution in [2.45, 2.75) is 31.7 Å². The highest BCUT2D eigenvalue weighted by atomic mass is 19.1. The minimum atomic E-state index is -1.95. The number of amides is 2. The number of hydrogen-bond acceptors (Lipinski definition) is 4. The van der Waals surface area contributed by atoms with Gasteiger partial charge in [0.2, 0.25) is 5.91 Å². The van der Waals surface area contributed by atoms with Crippen LogP contribution in [0.1, 0.15) is 24.0 Å². The summed E-state index contributed by atoms with van der Waals surface area (Å²) in [4.78, 5) is 30.0. The lowest BCUT2D eigenvalue weighted by molar-refractivity contribution is -0.145. The van der Waals surface area contributed by atoms with Gasteiger partial charge in [-0.1, -0.05) is 30.3 Å². The van der Waals surface area contributed by atoms with Crippen molar-refractivity contribution in [3.8, 4) is 0 Å². The molecule has 0 unspecified atom stereocenters. The number of likely N-dealkylation sites (tertiary alicyclic amines) is 1. The maximum Gasteiger partial charge on any atom is 0.258 e. The van der Waals surface area contributed by atoms with Crippen LogP contribution in [-0.4, -0.2) is 47.1 Å². The lowest BCUT2D eigenvalue weighted by Gasteiger charge is -2.35. The number of carbonyl (C=O) groups is 2. The Morgan fingerprint density at radius 2 is 1.75 bits per heavy atom. The van der Waals surface area contributed by atoms with E-state index in [-0.39, 0.29) is 45.0 Å². The van der Waals surface area contributed by atoms with E-state index in [1.54, 1.807) is 29.4 Å². The smallest absolute Gasteiger partial charge is 0.258 e. The van der Waals surface area contributed by atoms with Crippen molar-refractivity contribution in [2.75, 3.05) is 19.7 Å². The number of nitrogens with zero attached hydrogens (tertiary/aromatic N) is 2. The number of benzene rings is 1.